The summed E-state index contributed by atoms with van der Waals surface area (Å²) in [6.45, 7) is 2.73. The van der Waals surface area contributed by atoms with Crippen LogP contribution in [-0.2, 0) is 10.8 Å². The van der Waals surface area contributed by atoms with Crippen molar-refractivity contribution in [1.82, 2.24) is 5.32 Å². The van der Waals surface area contributed by atoms with Gasteiger partial charge in [-0.3, -0.25) is 10.1 Å². The molecule has 1 atom stereocenters. The molecule has 0 saturated heterocycles. The summed E-state index contributed by atoms with van der Waals surface area (Å²) in [5, 5.41) is -0.175. The van der Waals surface area contributed by atoms with E-state index in [1.165, 1.54) is 26.0 Å². The van der Waals surface area contributed by atoms with Gasteiger partial charge in [-0.15, -0.1) is 0 Å². The first-order valence-electron chi connectivity index (χ1n) is 8.01. The lowest BCUT2D eigenvalue weighted by Crippen LogP contribution is -2.35. The number of hydrogen-bond donors (Lipinski definition) is 2. The third kappa shape index (κ3) is 4.94. The molecule has 156 valence electrons. The minimum Gasteiger partial charge on any atom is -0.307 e. The van der Waals surface area contributed by atoms with Gasteiger partial charge in [0.15, 0.2) is 0 Å². The van der Waals surface area contributed by atoms with Gasteiger partial charge in [0, 0.05) is 10.6 Å². The Morgan fingerprint density at radius 1 is 1.07 bits per heavy atom. The van der Waals surface area contributed by atoms with Gasteiger partial charge in [0.1, 0.15) is 10.8 Å². The van der Waals surface area contributed by atoms with E-state index in [0.717, 1.165) is 12.1 Å². The number of anilines is 1. The molecular formula is C18H15ClF4N2O3S. The zero-order chi connectivity index (χ0) is 21.9. The van der Waals surface area contributed by atoms with Gasteiger partial charge in [0.25, 0.3) is 5.91 Å². The van der Waals surface area contributed by atoms with Crippen molar-refractivity contribution in [2.75, 3.05) is 5.32 Å². The molecule has 0 radical (unpaired) electrons. The lowest BCUT2D eigenvalue weighted by atomic mass is 10.1. The normalized spacial score (nSPS) is 12.6. The van der Waals surface area contributed by atoms with Crippen molar-refractivity contribution in [3.63, 3.8) is 0 Å². The van der Waals surface area contributed by atoms with Gasteiger partial charge in [0.2, 0.25) is 0 Å². The number of amides is 3. The summed E-state index contributed by atoms with van der Waals surface area (Å²) in [6, 6.07) is 7.21. The van der Waals surface area contributed by atoms with Gasteiger partial charge in [0.05, 0.1) is 10.6 Å². The van der Waals surface area contributed by atoms with Crippen molar-refractivity contribution in [2.24, 2.45) is 0 Å². The Kier molecular flexibility index (Phi) is 7.02. The molecule has 0 aliphatic carbocycles. The highest BCUT2D eigenvalue weighted by Crippen LogP contribution is 2.34. The van der Waals surface area contributed by atoms with Gasteiger partial charge in [-0.25, -0.2) is 17.8 Å². The van der Waals surface area contributed by atoms with E-state index in [2.05, 4.69) is 10.6 Å². The van der Waals surface area contributed by atoms with Crippen LogP contribution in [0.3, 0.4) is 0 Å². The van der Waals surface area contributed by atoms with Crippen molar-refractivity contribution < 1.29 is 31.4 Å². The first kappa shape index (κ1) is 22.8. The smallest absolute Gasteiger partial charge is 0.307 e. The van der Waals surface area contributed by atoms with E-state index in [9.17, 15) is 31.4 Å². The Morgan fingerprint density at radius 3 is 2.28 bits per heavy atom. The largest absolute Gasteiger partial charge is 0.384 e. The van der Waals surface area contributed by atoms with Crippen LogP contribution in [0.2, 0.25) is 5.02 Å². The van der Waals surface area contributed by atoms with Crippen LogP contribution >= 0.6 is 11.6 Å². The number of rotatable bonds is 5. The monoisotopic (exact) mass is 450 g/mol. The molecular weight excluding hydrogens is 436 g/mol. The maximum atomic E-state index is 13.4. The van der Waals surface area contributed by atoms with Gasteiger partial charge in [-0.05, 0) is 49.2 Å². The van der Waals surface area contributed by atoms with Crippen LogP contribution in [0, 0.1) is 13.8 Å². The molecule has 2 N–H and O–H groups in total. The lowest BCUT2D eigenvalue weighted by Gasteiger charge is -2.18. The van der Waals surface area contributed by atoms with E-state index in [1.54, 1.807) is 12.1 Å². The number of benzene rings is 2. The first-order valence-corrected chi connectivity index (χ1v) is 9.54. The van der Waals surface area contributed by atoms with Crippen LogP contribution in [0.5, 0.6) is 0 Å². The molecule has 0 bridgehead atoms. The number of alkyl halides is 4. The van der Waals surface area contributed by atoms with Crippen molar-refractivity contribution in [3.05, 3.63) is 58.1 Å². The summed E-state index contributed by atoms with van der Waals surface area (Å²) in [5.41, 5.74) is 0.449. The second-order valence-electron chi connectivity index (χ2n) is 5.88. The fourth-order valence-electron chi connectivity index (χ4n) is 2.33. The minimum atomic E-state index is -4.72. The van der Waals surface area contributed by atoms with E-state index in [4.69, 9.17) is 11.6 Å². The molecule has 29 heavy (non-hydrogen) atoms. The zero-order valence-corrected chi connectivity index (χ0v) is 16.6. The van der Waals surface area contributed by atoms with E-state index < -0.39 is 39.3 Å². The molecule has 2 aromatic carbocycles. The van der Waals surface area contributed by atoms with Crippen LogP contribution in [0.15, 0.2) is 41.3 Å². The molecule has 5 nitrogen and oxygen atoms in total. The number of halogens is 5. The summed E-state index contributed by atoms with van der Waals surface area (Å²) < 4.78 is 63.6. The molecule has 0 fully saturated rings. The Hall–Kier alpha value is -2.46. The van der Waals surface area contributed by atoms with Crippen molar-refractivity contribution >= 4 is 40.0 Å². The molecule has 2 aromatic rings. The highest BCUT2D eigenvalue weighted by Gasteiger charge is 2.48. The molecule has 11 heteroatoms. The predicted octanol–water partition coefficient (Wildman–Crippen LogP) is 4.88. The number of nitrogens with one attached hydrogen (secondary N) is 2. The quantitative estimate of drug-likeness (QED) is 0.637. The van der Waals surface area contributed by atoms with Gasteiger partial charge in [-0.1, -0.05) is 23.7 Å². The van der Waals surface area contributed by atoms with E-state index in [0.29, 0.717) is 0 Å². The van der Waals surface area contributed by atoms with Crippen molar-refractivity contribution in [2.45, 2.75) is 30.4 Å². The molecule has 0 spiro atoms. The summed E-state index contributed by atoms with van der Waals surface area (Å²) in [7, 11) is -3.28. The highest BCUT2D eigenvalue weighted by molar-refractivity contribution is 7.86. The highest BCUT2D eigenvalue weighted by atomic mass is 35.5. The molecule has 3 amide bonds. The predicted molar refractivity (Wildman–Crippen MR) is 101 cm³/mol. The van der Waals surface area contributed by atoms with Crippen molar-refractivity contribution in [3.8, 4) is 0 Å². The molecule has 2 rings (SSSR count). The zero-order valence-electron chi connectivity index (χ0n) is 15.1. The number of carbonyl (C=O) groups is 2. The summed E-state index contributed by atoms with van der Waals surface area (Å²) in [6.07, 6.45) is -4.09. The van der Waals surface area contributed by atoms with Gasteiger partial charge >= 0.3 is 17.7 Å². The average molecular weight is 451 g/mol. The SMILES string of the molecule is Cc1c(NC(=O)NC(=O)c2ccccc2Cl)ccc(S(=O)C(F)(F)C(F)F)c1C. The number of carbonyl (C=O) groups excluding carboxylic acids is 2. The fourth-order valence-corrected chi connectivity index (χ4v) is 3.63. The van der Waals surface area contributed by atoms with Crippen LogP contribution in [0.25, 0.3) is 0 Å². The van der Waals surface area contributed by atoms with Crippen LogP contribution in [-0.4, -0.2) is 27.8 Å². The molecule has 0 aliphatic heterocycles. The van der Waals surface area contributed by atoms with E-state index in [1.807, 2.05) is 0 Å². The number of urea groups is 1. The maximum absolute atomic E-state index is 13.4. The topological polar surface area (TPSA) is 75.3 Å². The third-order valence-electron chi connectivity index (χ3n) is 4.03. The minimum absolute atomic E-state index is 0.0406. The standard InChI is InChI=1S/C18H15ClF4N2O3S/c1-9-10(2)14(29(28)18(22,23)16(20)21)8-7-13(9)24-17(27)25-15(26)11-5-3-4-6-12(11)19/h3-8,16H,1-2H3,(H2,24,25,26,27). The van der Waals surface area contributed by atoms with Gasteiger partial charge in [-0.2, -0.15) is 8.78 Å². The molecule has 0 aliphatic rings. The summed E-state index contributed by atoms with van der Waals surface area (Å²) in [4.78, 5) is 23.7. The van der Waals surface area contributed by atoms with Crippen molar-refractivity contribution in [1.29, 1.82) is 0 Å². The molecule has 0 aromatic heterocycles. The maximum Gasteiger partial charge on any atom is 0.384 e. The van der Waals surface area contributed by atoms with E-state index in [-0.39, 0.29) is 27.4 Å². The number of hydrogen-bond acceptors (Lipinski definition) is 3. The molecule has 1 unspecified atom stereocenters. The molecule has 0 heterocycles. The van der Waals surface area contributed by atoms with Crippen LogP contribution < -0.4 is 10.6 Å². The van der Waals surface area contributed by atoms with Crippen LogP contribution in [0.4, 0.5) is 28.0 Å². The Balaban J connectivity index is 2.19. The second kappa shape index (κ2) is 8.91. The Bertz CT molecular complexity index is 986. The average Bonchev–Trinajstić information content (AvgIpc) is 2.65. The third-order valence-corrected chi connectivity index (χ3v) is 5.88. The Morgan fingerprint density at radius 2 is 1.69 bits per heavy atom. The van der Waals surface area contributed by atoms with Gasteiger partial charge < -0.3 is 5.32 Å². The summed E-state index contributed by atoms with van der Waals surface area (Å²) >= 11 is 5.88. The lowest BCUT2D eigenvalue weighted by molar-refractivity contribution is -0.0602. The second-order valence-corrected chi connectivity index (χ2v) is 7.81. The molecule has 0 saturated carbocycles. The summed E-state index contributed by atoms with van der Waals surface area (Å²) in [5.74, 6) is -0.767. The number of imide groups is 1. The Labute approximate surface area is 170 Å². The van der Waals surface area contributed by atoms with E-state index >= 15 is 0 Å². The fraction of sp³-hybridized carbons (Fsp3) is 0.222. The first-order chi connectivity index (χ1) is 13.5. The van der Waals surface area contributed by atoms with Crippen LogP contribution in [0.1, 0.15) is 21.5 Å².